The molecule has 2 aliphatic heterocycles. The van der Waals surface area contributed by atoms with Crippen LogP contribution in [0.3, 0.4) is 0 Å². The molecule has 1 aromatic carbocycles. The van der Waals surface area contributed by atoms with E-state index in [9.17, 15) is 9.59 Å². The average Bonchev–Trinajstić information content (AvgIpc) is 3.44. The molecule has 0 spiro atoms. The Balaban J connectivity index is 1.34. The number of carbonyl (C=O) groups is 1. The standard InChI is InChI=1S/C30H32N6O3/c1-20-14-28(37)34-26-7-6-23(16-24(20)26)33-30(38)25-15-21(19-35-10-12-39-13-11-35)17-32-29(25)36-9-3-5-27(36)22-4-2-8-31-18-22/h2,4,6-8,14-18,27H,3,5,9-13,19H2,1H3,(H,33,38)(H,34,37). The van der Waals surface area contributed by atoms with Crippen LogP contribution < -0.4 is 15.8 Å². The molecule has 0 bridgehead atoms. The summed E-state index contributed by atoms with van der Waals surface area (Å²) < 4.78 is 5.50. The van der Waals surface area contributed by atoms with Crippen LogP contribution in [0.15, 0.2) is 65.8 Å². The summed E-state index contributed by atoms with van der Waals surface area (Å²) >= 11 is 0. The molecule has 0 radical (unpaired) electrons. The maximum absolute atomic E-state index is 13.9. The molecule has 6 rings (SSSR count). The summed E-state index contributed by atoms with van der Waals surface area (Å²) in [6.07, 6.45) is 7.57. The normalized spacial score (nSPS) is 18.0. The number of aryl methyl sites for hydroxylation is 1. The van der Waals surface area contributed by atoms with Crippen molar-refractivity contribution in [3.05, 3.63) is 93.7 Å². The van der Waals surface area contributed by atoms with E-state index in [0.717, 1.165) is 60.1 Å². The van der Waals surface area contributed by atoms with Gasteiger partial charge in [0.15, 0.2) is 0 Å². The number of aromatic nitrogens is 3. The van der Waals surface area contributed by atoms with Crippen LogP contribution in [0.2, 0.25) is 0 Å². The van der Waals surface area contributed by atoms with Gasteiger partial charge in [-0.2, -0.15) is 0 Å². The third-order valence-corrected chi connectivity index (χ3v) is 7.58. The number of nitrogens with one attached hydrogen (secondary N) is 2. The summed E-state index contributed by atoms with van der Waals surface area (Å²) in [6, 6.07) is 13.2. The molecule has 1 atom stereocenters. The van der Waals surface area contributed by atoms with Gasteiger partial charge in [0.1, 0.15) is 5.82 Å². The number of pyridine rings is 3. The Morgan fingerprint density at radius 2 is 2.00 bits per heavy atom. The molecule has 2 N–H and O–H groups in total. The first kappa shape index (κ1) is 25.2. The number of hydrogen-bond donors (Lipinski definition) is 2. The van der Waals surface area contributed by atoms with Gasteiger partial charge < -0.3 is 19.9 Å². The number of benzene rings is 1. The summed E-state index contributed by atoms with van der Waals surface area (Å²) in [4.78, 5) is 42.4. The van der Waals surface area contributed by atoms with Crippen molar-refractivity contribution in [1.82, 2.24) is 19.9 Å². The highest BCUT2D eigenvalue weighted by Crippen LogP contribution is 2.37. The number of anilines is 2. The van der Waals surface area contributed by atoms with Crippen LogP contribution in [0.4, 0.5) is 11.5 Å². The van der Waals surface area contributed by atoms with E-state index in [4.69, 9.17) is 9.72 Å². The molecule has 3 aromatic heterocycles. The number of nitrogens with zero attached hydrogens (tertiary/aromatic N) is 4. The highest BCUT2D eigenvalue weighted by atomic mass is 16.5. The van der Waals surface area contributed by atoms with Crippen LogP contribution in [0.25, 0.3) is 10.9 Å². The third kappa shape index (κ3) is 5.41. The molecule has 9 heteroatoms. The minimum atomic E-state index is -0.209. The topological polar surface area (TPSA) is 103 Å². The Morgan fingerprint density at radius 3 is 2.82 bits per heavy atom. The number of H-pyrrole nitrogens is 1. The van der Waals surface area contributed by atoms with Crippen LogP contribution in [0.1, 0.15) is 45.9 Å². The highest BCUT2D eigenvalue weighted by molar-refractivity contribution is 6.08. The Bertz CT molecular complexity index is 1550. The quantitative estimate of drug-likeness (QED) is 0.392. The second-order valence-corrected chi connectivity index (χ2v) is 10.3. The molecule has 1 unspecified atom stereocenters. The zero-order chi connectivity index (χ0) is 26.8. The molecule has 5 heterocycles. The molecular formula is C30H32N6O3. The molecule has 9 nitrogen and oxygen atoms in total. The Kier molecular flexibility index (Phi) is 7.08. The molecular weight excluding hydrogens is 492 g/mol. The van der Waals surface area contributed by atoms with Gasteiger partial charge in [0, 0.05) is 67.4 Å². The van der Waals surface area contributed by atoms with Crippen molar-refractivity contribution in [1.29, 1.82) is 0 Å². The van der Waals surface area contributed by atoms with Crippen molar-refractivity contribution >= 4 is 28.3 Å². The first-order chi connectivity index (χ1) is 19.0. The van der Waals surface area contributed by atoms with Gasteiger partial charge in [0.05, 0.1) is 24.8 Å². The molecule has 39 heavy (non-hydrogen) atoms. The fourth-order valence-electron chi connectivity index (χ4n) is 5.64. The second kappa shape index (κ2) is 11.0. The molecule has 2 aliphatic rings. The van der Waals surface area contributed by atoms with E-state index < -0.39 is 0 Å². The van der Waals surface area contributed by atoms with Crippen LogP contribution >= 0.6 is 0 Å². The Hall–Kier alpha value is -4.08. The number of fused-ring (bicyclic) bond motifs is 1. The lowest BCUT2D eigenvalue weighted by Gasteiger charge is -2.29. The summed E-state index contributed by atoms with van der Waals surface area (Å²) in [6.45, 7) is 6.57. The van der Waals surface area contributed by atoms with E-state index in [0.29, 0.717) is 36.8 Å². The second-order valence-electron chi connectivity index (χ2n) is 10.3. The van der Waals surface area contributed by atoms with Gasteiger partial charge in [0.25, 0.3) is 5.91 Å². The molecule has 200 valence electrons. The van der Waals surface area contributed by atoms with Gasteiger partial charge in [0.2, 0.25) is 5.56 Å². The lowest BCUT2D eigenvalue weighted by atomic mass is 10.1. The first-order valence-corrected chi connectivity index (χ1v) is 13.5. The van der Waals surface area contributed by atoms with Crippen molar-refractivity contribution < 1.29 is 9.53 Å². The molecule has 1 amide bonds. The maximum atomic E-state index is 13.9. The van der Waals surface area contributed by atoms with Crippen molar-refractivity contribution in [3.8, 4) is 0 Å². The first-order valence-electron chi connectivity index (χ1n) is 13.5. The summed E-state index contributed by atoms with van der Waals surface area (Å²) in [7, 11) is 0. The lowest BCUT2D eigenvalue weighted by Crippen LogP contribution is -2.35. The van der Waals surface area contributed by atoms with Gasteiger partial charge in [-0.05, 0) is 66.8 Å². The number of morpholine rings is 1. The number of aromatic amines is 1. The fourth-order valence-corrected chi connectivity index (χ4v) is 5.64. The zero-order valence-corrected chi connectivity index (χ0v) is 22.0. The number of hydrogen-bond acceptors (Lipinski definition) is 7. The van der Waals surface area contributed by atoms with Crippen molar-refractivity contribution in [2.45, 2.75) is 32.4 Å². The summed E-state index contributed by atoms with van der Waals surface area (Å²) in [5.41, 5.74) is 4.79. The number of amides is 1. The van der Waals surface area contributed by atoms with Crippen LogP contribution in [-0.4, -0.2) is 58.6 Å². The predicted molar refractivity (Wildman–Crippen MR) is 151 cm³/mol. The van der Waals surface area contributed by atoms with E-state index in [1.165, 1.54) is 0 Å². The van der Waals surface area contributed by atoms with Gasteiger partial charge in [-0.25, -0.2) is 4.98 Å². The van der Waals surface area contributed by atoms with E-state index in [-0.39, 0.29) is 17.5 Å². The number of ether oxygens (including phenoxy) is 1. The zero-order valence-electron chi connectivity index (χ0n) is 22.0. The van der Waals surface area contributed by atoms with Crippen LogP contribution in [0.5, 0.6) is 0 Å². The van der Waals surface area contributed by atoms with Gasteiger partial charge in [-0.15, -0.1) is 0 Å². The number of rotatable bonds is 6. The average molecular weight is 525 g/mol. The largest absolute Gasteiger partial charge is 0.379 e. The van der Waals surface area contributed by atoms with E-state index in [1.54, 1.807) is 12.3 Å². The SMILES string of the molecule is Cc1cc(=O)[nH]c2ccc(NC(=O)c3cc(CN4CCOCC4)cnc3N3CCCC3c3cccnc3)cc12. The Labute approximate surface area is 226 Å². The van der Waals surface area contributed by atoms with E-state index in [1.807, 2.05) is 49.6 Å². The maximum Gasteiger partial charge on any atom is 0.259 e. The molecule has 2 saturated heterocycles. The van der Waals surface area contributed by atoms with Crippen molar-refractivity contribution in [2.75, 3.05) is 43.1 Å². The molecule has 0 saturated carbocycles. The minimum Gasteiger partial charge on any atom is -0.379 e. The van der Waals surface area contributed by atoms with Gasteiger partial charge >= 0.3 is 0 Å². The smallest absolute Gasteiger partial charge is 0.259 e. The molecule has 4 aromatic rings. The Morgan fingerprint density at radius 1 is 1.13 bits per heavy atom. The monoisotopic (exact) mass is 524 g/mol. The highest BCUT2D eigenvalue weighted by Gasteiger charge is 2.31. The van der Waals surface area contributed by atoms with Crippen molar-refractivity contribution in [3.63, 3.8) is 0 Å². The van der Waals surface area contributed by atoms with Crippen LogP contribution in [0, 0.1) is 6.92 Å². The van der Waals surface area contributed by atoms with Gasteiger partial charge in [-0.3, -0.25) is 19.5 Å². The fraction of sp³-hybridized carbons (Fsp3) is 0.333. The van der Waals surface area contributed by atoms with Crippen molar-refractivity contribution in [2.24, 2.45) is 0 Å². The summed E-state index contributed by atoms with van der Waals surface area (Å²) in [5.74, 6) is 0.477. The van der Waals surface area contributed by atoms with E-state index >= 15 is 0 Å². The third-order valence-electron chi connectivity index (χ3n) is 7.58. The predicted octanol–water partition coefficient (Wildman–Crippen LogP) is 4.05. The van der Waals surface area contributed by atoms with Gasteiger partial charge in [-0.1, -0.05) is 6.07 Å². The van der Waals surface area contributed by atoms with Crippen LogP contribution in [-0.2, 0) is 11.3 Å². The van der Waals surface area contributed by atoms with E-state index in [2.05, 4.69) is 31.2 Å². The molecule has 0 aliphatic carbocycles. The minimum absolute atomic E-state index is 0.114. The lowest BCUT2D eigenvalue weighted by molar-refractivity contribution is 0.0341. The molecule has 2 fully saturated rings. The summed E-state index contributed by atoms with van der Waals surface area (Å²) in [5, 5.41) is 3.99. The number of carbonyl (C=O) groups excluding carboxylic acids is 1.